The Morgan fingerprint density at radius 2 is 2.12 bits per heavy atom. The molecule has 0 aliphatic heterocycles. The Morgan fingerprint density at radius 3 is 2.81 bits per heavy atom. The van der Waals surface area contributed by atoms with Crippen molar-refractivity contribution in [2.45, 2.75) is 27.2 Å². The first-order valence-electron chi connectivity index (χ1n) is 5.58. The molecule has 0 saturated carbocycles. The molecule has 0 radical (unpaired) electrons. The van der Waals surface area contributed by atoms with E-state index in [1.165, 1.54) is 23.6 Å². The molecule has 0 atom stereocenters. The summed E-state index contributed by atoms with van der Waals surface area (Å²) in [6.45, 7) is 6.44. The van der Waals surface area contributed by atoms with Crippen LogP contribution in [0.15, 0.2) is 24.3 Å². The Hall–Kier alpha value is -1.57. The van der Waals surface area contributed by atoms with Gasteiger partial charge in [0.15, 0.2) is 0 Å². The topological polar surface area (TPSA) is 29.1 Å². The van der Waals surface area contributed by atoms with Gasteiger partial charge < -0.3 is 5.32 Å². The first kappa shape index (κ1) is 12.5. The summed E-state index contributed by atoms with van der Waals surface area (Å²) in [5.41, 5.74) is 3.80. The molecule has 2 heteroatoms. The number of nitrogens with one attached hydrogen (secondary N) is 1. The van der Waals surface area contributed by atoms with Gasteiger partial charge in [-0.15, -0.1) is 0 Å². The molecule has 1 N–H and O–H groups in total. The summed E-state index contributed by atoms with van der Waals surface area (Å²) in [7, 11) is 0. The number of carbonyl (C=O) groups excluding carboxylic acids is 1. The minimum absolute atomic E-state index is 0.0279. The summed E-state index contributed by atoms with van der Waals surface area (Å²) in [5, 5.41) is 2.77. The maximum absolute atomic E-state index is 10.6. The molecule has 1 aromatic rings. The lowest BCUT2D eigenvalue weighted by atomic mass is 10.1. The molecule has 86 valence electrons. The molecular weight excluding hydrogens is 198 g/mol. The number of hydrogen-bond donors (Lipinski definition) is 1. The number of carbonyl (C=O) groups is 1. The lowest BCUT2D eigenvalue weighted by molar-refractivity contribution is -0.118. The molecule has 0 bridgehead atoms. The van der Waals surface area contributed by atoms with E-state index >= 15 is 0 Å². The number of amides is 1. The van der Waals surface area contributed by atoms with Crippen molar-refractivity contribution in [1.29, 1.82) is 0 Å². The van der Waals surface area contributed by atoms with Crippen molar-refractivity contribution in [1.82, 2.24) is 5.32 Å². The smallest absolute Gasteiger partial charge is 0.216 e. The average molecular weight is 217 g/mol. The zero-order valence-corrected chi connectivity index (χ0v) is 10.2. The average Bonchev–Trinajstić information content (AvgIpc) is 2.22. The fourth-order valence-corrected chi connectivity index (χ4v) is 1.48. The largest absolute Gasteiger partial charge is 0.356 e. The van der Waals surface area contributed by atoms with Crippen molar-refractivity contribution >= 4 is 12.0 Å². The maximum atomic E-state index is 10.6. The summed E-state index contributed by atoms with van der Waals surface area (Å²) in [5.74, 6) is 0.0279. The second kappa shape index (κ2) is 6.11. The zero-order valence-electron chi connectivity index (χ0n) is 10.2. The Bertz CT molecular complexity index is 394. The van der Waals surface area contributed by atoms with Crippen LogP contribution in [0.1, 0.15) is 30.0 Å². The molecule has 0 aliphatic rings. The van der Waals surface area contributed by atoms with Crippen LogP contribution in [0.3, 0.4) is 0 Å². The molecule has 0 saturated heterocycles. The summed E-state index contributed by atoms with van der Waals surface area (Å²) >= 11 is 0. The first-order chi connectivity index (χ1) is 7.59. The number of benzene rings is 1. The number of rotatable bonds is 4. The lowest BCUT2D eigenvalue weighted by Gasteiger charge is -2.02. The van der Waals surface area contributed by atoms with Gasteiger partial charge in [-0.3, -0.25) is 4.79 Å². The van der Waals surface area contributed by atoms with Crippen molar-refractivity contribution in [3.63, 3.8) is 0 Å². The second-order valence-electron chi connectivity index (χ2n) is 4.03. The summed E-state index contributed by atoms with van der Waals surface area (Å²) in [6.07, 6.45) is 5.08. The first-order valence-corrected chi connectivity index (χ1v) is 5.58. The Kier molecular flexibility index (Phi) is 4.77. The van der Waals surface area contributed by atoms with Gasteiger partial charge in [-0.05, 0) is 31.4 Å². The Morgan fingerprint density at radius 1 is 1.38 bits per heavy atom. The third-order valence-corrected chi connectivity index (χ3v) is 2.42. The quantitative estimate of drug-likeness (QED) is 0.772. The predicted molar refractivity (Wildman–Crippen MR) is 68.3 cm³/mol. The minimum Gasteiger partial charge on any atom is -0.356 e. The predicted octanol–water partition coefficient (Wildman–Crippen LogP) is 2.84. The van der Waals surface area contributed by atoms with Gasteiger partial charge in [0, 0.05) is 13.5 Å². The van der Waals surface area contributed by atoms with Crippen LogP contribution in [0, 0.1) is 13.8 Å². The van der Waals surface area contributed by atoms with E-state index in [0.717, 1.165) is 6.42 Å². The van der Waals surface area contributed by atoms with Crippen molar-refractivity contribution in [3.8, 4) is 0 Å². The van der Waals surface area contributed by atoms with Crippen LogP contribution in [-0.4, -0.2) is 12.5 Å². The van der Waals surface area contributed by atoms with E-state index < -0.39 is 0 Å². The van der Waals surface area contributed by atoms with E-state index in [4.69, 9.17) is 0 Å². The van der Waals surface area contributed by atoms with Crippen LogP contribution >= 0.6 is 0 Å². The molecule has 0 fully saturated rings. The normalized spacial score (nSPS) is 10.7. The van der Waals surface area contributed by atoms with Crippen molar-refractivity contribution < 1.29 is 4.79 Å². The Labute approximate surface area is 97.4 Å². The van der Waals surface area contributed by atoms with Gasteiger partial charge in [0.05, 0.1) is 0 Å². The Balaban J connectivity index is 2.49. The number of hydrogen-bond acceptors (Lipinski definition) is 1. The van der Waals surface area contributed by atoms with Gasteiger partial charge in [0.25, 0.3) is 0 Å². The molecule has 0 aliphatic carbocycles. The van der Waals surface area contributed by atoms with Gasteiger partial charge in [0.2, 0.25) is 5.91 Å². The molecule has 0 spiro atoms. The molecule has 16 heavy (non-hydrogen) atoms. The van der Waals surface area contributed by atoms with Gasteiger partial charge in [0.1, 0.15) is 0 Å². The van der Waals surface area contributed by atoms with Crippen LogP contribution < -0.4 is 5.32 Å². The molecule has 1 rings (SSSR count). The molecular formula is C14H19NO. The second-order valence-corrected chi connectivity index (χ2v) is 4.03. The van der Waals surface area contributed by atoms with Gasteiger partial charge in [-0.2, -0.15) is 0 Å². The highest BCUT2D eigenvalue weighted by molar-refractivity contribution is 5.72. The van der Waals surface area contributed by atoms with Crippen LogP contribution in [0.2, 0.25) is 0 Å². The highest BCUT2D eigenvalue weighted by Gasteiger charge is 1.93. The van der Waals surface area contributed by atoms with E-state index in [1.54, 1.807) is 0 Å². The van der Waals surface area contributed by atoms with Crippen molar-refractivity contribution in [2.75, 3.05) is 6.54 Å². The highest BCUT2D eigenvalue weighted by Crippen LogP contribution is 2.12. The molecule has 1 amide bonds. The van der Waals surface area contributed by atoms with Crippen LogP contribution in [0.25, 0.3) is 6.08 Å². The third-order valence-electron chi connectivity index (χ3n) is 2.42. The van der Waals surface area contributed by atoms with Crippen molar-refractivity contribution in [3.05, 3.63) is 41.0 Å². The lowest BCUT2D eigenvalue weighted by Crippen LogP contribution is -2.20. The standard InChI is InChI=1S/C14H19NO/c1-11-7-8-12(2)14(10-11)6-4-5-9-15-13(3)16/h4,6-8,10H,5,9H2,1-3H3,(H,15,16). The number of aryl methyl sites for hydroxylation is 2. The van der Waals surface area contributed by atoms with Gasteiger partial charge in [-0.1, -0.05) is 35.9 Å². The summed E-state index contributed by atoms with van der Waals surface area (Å²) in [4.78, 5) is 10.6. The van der Waals surface area contributed by atoms with Gasteiger partial charge in [-0.25, -0.2) is 0 Å². The van der Waals surface area contributed by atoms with Crippen LogP contribution in [0.5, 0.6) is 0 Å². The fourth-order valence-electron chi connectivity index (χ4n) is 1.48. The van der Waals surface area contributed by atoms with Gasteiger partial charge >= 0.3 is 0 Å². The van der Waals surface area contributed by atoms with E-state index in [1.807, 2.05) is 0 Å². The van der Waals surface area contributed by atoms with E-state index in [0.29, 0.717) is 6.54 Å². The fraction of sp³-hybridized carbons (Fsp3) is 0.357. The van der Waals surface area contributed by atoms with E-state index in [-0.39, 0.29) is 5.91 Å². The summed E-state index contributed by atoms with van der Waals surface area (Å²) < 4.78 is 0. The third kappa shape index (κ3) is 4.30. The maximum Gasteiger partial charge on any atom is 0.216 e. The molecule has 0 unspecified atom stereocenters. The monoisotopic (exact) mass is 217 g/mol. The van der Waals surface area contributed by atoms with Crippen molar-refractivity contribution in [2.24, 2.45) is 0 Å². The molecule has 2 nitrogen and oxygen atoms in total. The SMILES string of the molecule is CC(=O)NCCC=Cc1cc(C)ccc1C. The summed E-state index contributed by atoms with van der Waals surface area (Å²) in [6, 6.07) is 6.41. The van der Waals surface area contributed by atoms with Crippen LogP contribution in [0.4, 0.5) is 0 Å². The highest BCUT2D eigenvalue weighted by atomic mass is 16.1. The van der Waals surface area contributed by atoms with Crippen LogP contribution in [-0.2, 0) is 4.79 Å². The molecule has 1 aromatic carbocycles. The molecule has 0 heterocycles. The van der Waals surface area contributed by atoms with E-state index in [2.05, 4.69) is 49.5 Å². The van der Waals surface area contributed by atoms with E-state index in [9.17, 15) is 4.79 Å². The minimum atomic E-state index is 0.0279. The molecule has 0 aromatic heterocycles. The zero-order chi connectivity index (χ0) is 12.0.